The first kappa shape index (κ1) is 16.6. The Morgan fingerprint density at radius 2 is 2.08 bits per heavy atom. The summed E-state index contributed by atoms with van der Waals surface area (Å²) in [5.41, 5.74) is 1.41. The maximum Gasteiger partial charge on any atom is 0.254 e. The second kappa shape index (κ2) is 5.82. The van der Waals surface area contributed by atoms with Gasteiger partial charge in [0.15, 0.2) is 5.82 Å². The summed E-state index contributed by atoms with van der Waals surface area (Å²) in [6.45, 7) is 1.80. The Bertz CT molecular complexity index is 903. The summed E-state index contributed by atoms with van der Waals surface area (Å²) < 4.78 is 27.0. The summed E-state index contributed by atoms with van der Waals surface area (Å²) in [7, 11) is 0. The Morgan fingerprint density at radius 1 is 1.38 bits per heavy atom. The normalized spacial score (nSPS) is 23.7. The van der Waals surface area contributed by atoms with Crippen molar-refractivity contribution in [3.63, 3.8) is 0 Å². The molecule has 2 aromatic rings. The first-order valence-electron chi connectivity index (χ1n) is 8.21. The van der Waals surface area contributed by atoms with Crippen LogP contribution in [-0.4, -0.2) is 45.9 Å². The third kappa shape index (κ3) is 2.71. The van der Waals surface area contributed by atoms with Crippen molar-refractivity contribution >= 4 is 17.8 Å². The fraction of sp³-hybridized carbons (Fsp3) is 0.333. The van der Waals surface area contributed by atoms with Crippen LogP contribution in [0.25, 0.3) is 0 Å². The van der Waals surface area contributed by atoms with Crippen LogP contribution in [0.4, 0.5) is 14.7 Å². The molecule has 2 amide bonds. The Morgan fingerprint density at radius 3 is 2.73 bits per heavy atom. The number of fused-ring (bicyclic) bond motifs is 2. The van der Waals surface area contributed by atoms with Crippen LogP contribution in [0.5, 0.6) is 0 Å². The molecule has 6 nitrogen and oxygen atoms in total. The van der Waals surface area contributed by atoms with E-state index in [0.29, 0.717) is 12.0 Å². The van der Waals surface area contributed by atoms with E-state index >= 15 is 0 Å². The summed E-state index contributed by atoms with van der Waals surface area (Å²) in [5, 5.41) is 2.41. The molecule has 1 aliphatic carbocycles. The minimum atomic E-state index is -1.03. The van der Waals surface area contributed by atoms with Gasteiger partial charge in [-0.2, -0.15) is 0 Å². The van der Waals surface area contributed by atoms with E-state index in [0.717, 1.165) is 23.5 Å². The second-order valence-electron chi connectivity index (χ2n) is 6.81. The van der Waals surface area contributed by atoms with Gasteiger partial charge in [-0.25, -0.2) is 18.7 Å². The van der Waals surface area contributed by atoms with Crippen LogP contribution in [0.3, 0.4) is 0 Å². The number of amides is 2. The Kier molecular flexibility index (Phi) is 3.71. The van der Waals surface area contributed by atoms with E-state index < -0.39 is 23.3 Å². The SMILES string of the molecule is Cc1ccc2c(c1)[C@@]1(C[C@@H]1F)CN(CC(=O)Nc1ncc(F)cn1)C2=O. The molecule has 26 heavy (non-hydrogen) atoms. The second-order valence-corrected chi connectivity index (χ2v) is 6.81. The largest absolute Gasteiger partial charge is 0.328 e. The first-order chi connectivity index (χ1) is 12.4. The zero-order chi connectivity index (χ0) is 18.5. The highest BCUT2D eigenvalue weighted by Gasteiger charge is 2.61. The van der Waals surface area contributed by atoms with Gasteiger partial charge in [0, 0.05) is 17.5 Å². The lowest BCUT2D eigenvalue weighted by molar-refractivity contribution is -0.117. The molecule has 1 aromatic carbocycles. The topological polar surface area (TPSA) is 75.2 Å². The van der Waals surface area contributed by atoms with Crippen molar-refractivity contribution in [1.82, 2.24) is 14.9 Å². The number of hydrogen-bond acceptors (Lipinski definition) is 4. The molecule has 0 radical (unpaired) electrons. The minimum absolute atomic E-state index is 0.0543. The predicted octanol–water partition coefficient (Wildman–Crippen LogP) is 2.00. The molecule has 1 aromatic heterocycles. The number of aryl methyl sites for hydroxylation is 1. The minimum Gasteiger partial charge on any atom is -0.328 e. The van der Waals surface area contributed by atoms with Gasteiger partial charge in [-0.3, -0.25) is 14.9 Å². The molecular formula is C18H16F2N4O2. The fourth-order valence-corrected chi connectivity index (χ4v) is 3.47. The first-order valence-corrected chi connectivity index (χ1v) is 8.21. The van der Waals surface area contributed by atoms with Crippen molar-refractivity contribution in [1.29, 1.82) is 0 Å². The zero-order valence-electron chi connectivity index (χ0n) is 14.0. The lowest BCUT2D eigenvalue weighted by Crippen LogP contribution is -2.47. The highest BCUT2D eigenvalue weighted by molar-refractivity contribution is 6.01. The van der Waals surface area contributed by atoms with E-state index in [2.05, 4.69) is 15.3 Å². The average molecular weight is 358 g/mol. The van der Waals surface area contributed by atoms with Gasteiger partial charge < -0.3 is 4.90 Å². The molecule has 2 atom stereocenters. The molecule has 0 unspecified atom stereocenters. The van der Waals surface area contributed by atoms with Gasteiger partial charge in [0.1, 0.15) is 12.7 Å². The van der Waals surface area contributed by atoms with Crippen LogP contribution in [0, 0.1) is 12.7 Å². The van der Waals surface area contributed by atoms with E-state index in [4.69, 9.17) is 0 Å². The zero-order valence-corrected chi connectivity index (χ0v) is 14.0. The van der Waals surface area contributed by atoms with E-state index in [1.165, 1.54) is 4.90 Å². The van der Waals surface area contributed by atoms with E-state index in [9.17, 15) is 18.4 Å². The van der Waals surface area contributed by atoms with E-state index in [1.807, 2.05) is 13.0 Å². The number of benzene rings is 1. The molecular weight excluding hydrogens is 342 g/mol. The number of nitrogens with zero attached hydrogens (tertiary/aromatic N) is 3. The standard InChI is InChI=1S/C18H16F2N4O2/c1-10-2-3-12-13(4-10)18(5-14(18)20)9-24(16(12)26)8-15(25)23-17-21-6-11(19)7-22-17/h2-4,6-7,14H,5,8-9H2,1H3,(H,21,22,23,25)/t14-,18+/m0/s1. The average Bonchev–Trinajstić information content (AvgIpc) is 3.25. The molecule has 1 spiro atoms. The summed E-state index contributed by atoms with van der Waals surface area (Å²) in [6.07, 6.45) is 1.18. The number of halogens is 2. The third-order valence-corrected chi connectivity index (χ3v) is 4.89. The summed E-state index contributed by atoms with van der Waals surface area (Å²) in [5.74, 6) is -1.50. The van der Waals surface area contributed by atoms with Crippen molar-refractivity contribution in [3.05, 3.63) is 53.1 Å². The van der Waals surface area contributed by atoms with E-state index in [-0.39, 0.29) is 24.9 Å². The maximum absolute atomic E-state index is 14.2. The van der Waals surface area contributed by atoms with Crippen molar-refractivity contribution in [3.8, 4) is 0 Å². The molecule has 1 fully saturated rings. The lowest BCUT2D eigenvalue weighted by Gasteiger charge is -2.34. The monoisotopic (exact) mass is 358 g/mol. The Balaban J connectivity index is 1.54. The number of alkyl halides is 1. The Hall–Kier alpha value is -2.90. The van der Waals surface area contributed by atoms with Gasteiger partial charge >= 0.3 is 0 Å². The van der Waals surface area contributed by atoms with Gasteiger partial charge in [-0.05, 0) is 25.0 Å². The van der Waals surface area contributed by atoms with E-state index in [1.54, 1.807) is 12.1 Å². The van der Waals surface area contributed by atoms with Crippen LogP contribution >= 0.6 is 0 Å². The molecule has 0 bridgehead atoms. The molecule has 0 saturated heterocycles. The summed E-state index contributed by atoms with van der Waals surface area (Å²) in [6, 6.07) is 5.35. The number of rotatable bonds is 3. The van der Waals surface area contributed by atoms with Gasteiger partial charge in [0.25, 0.3) is 5.91 Å². The van der Waals surface area contributed by atoms with Gasteiger partial charge in [0.05, 0.1) is 12.4 Å². The van der Waals surface area contributed by atoms with Crippen molar-refractivity contribution < 1.29 is 18.4 Å². The predicted molar refractivity (Wildman–Crippen MR) is 88.9 cm³/mol. The van der Waals surface area contributed by atoms with Crippen LogP contribution in [-0.2, 0) is 10.2 Å². The molecule has 1 saturated carbocycles. The number of carbonyl (C=O) groups is 2. The van der Waals surface area contributed by atoms with Crippen molar-refractivity contribution in [2.45, 2.75) is 24.9 Å². The molecule has 1 N–H and O–H groups in total. The Labute approximate surface area is 148 Å². The van der Waals surface area contributed by atoms with Gasteiger partial charge in [0.2, 0.25) is 11.9 Å². The van der Waals surface area contributed by atoms with Crippen LogP contribution in [0.2, 0.25) is 0 Å². The number of hydrogen-bond donors (Lipinski definition) is 1. The number of nitrogens with one attached hydrogen (secondary N) is 1. The van der Waals surface area contributed by atoms with Crippen LogP contribution < -0.4 is 5.32 Å². The van der Waals surface area contributed by atoms with Crippen molar-refractivity contribution in [2.75, 3.05) is 18.4 Å². The fourth-order valence-electron chi connectivity index (χ4n) is 3.47. The molecule has 2 aliphatic rings. The van der Waals surface area contributed by atoms with Gasteiger partial charge in [-0.1, -0.05) is 17.7 Å². The quantitative estimate of drug-likeness (QED) is 0.911. The smallest absolute Gasteiger partial charge is 0.254 e. The highest BCUT2D eigenvalue weighted by Crippen LogP contribution is 2.54. The molecule has 134 valence electrons. The molecule has 4 rings (SSSR count). The number of anilines is 1. The lowest BCUT2D eigenvalue weighted by atomic mass is 9.85. The summed E-state index contributed by atoms with van der Waals surface area (Å²) in [4.78, 5) is 33.6. The molecule has 1 aliphatic heterocycles. The molecule has 2 heterocycles. The summed E-state index contributed by atoms with van der Waals surface area (Å²) >= 11 is 0. The van der Waals surface area contributed by atoms with Crippen molar-refractivity contribution in [2.24, 2.45) is 0 Å². The van der Waals surface area contributed by atoms with Crippen LogP contribution in [0.15, 0.2) is 30.6 Å². The van der Waals surface area contributed by atoms with Crippen LogP contribution in [0.1, 0.15) is 27.9 Å². The highest BCUT2D eigenvalue weighted by atomic mass is 19.1. The number of aromatic nitrogens is 2. The van der Waals surface area contributed by atoms with Gasteiger partial charge in [-0.15, -0.1) is 0 Å². The third-order valence-electron chi connectivity index (χ3n) is 4.89. The maximum atomic E-state index is 14.2. The molecule has 8 heteroatoms. The number of carbonyl (C=O) groups excluding carboxylic acids is 2.